The molecule has 1 aliphatic heterocycles. The van der Waals surface area contributed by atoms with Crippen LogP contribution in [0.15, 0.2) is 60.7 Å². The average Bonchev–Trinajstić information content (AvgIpc) is 2.74. The van der Waals surface area contributed by atoms with Crippen LogP contribution in [-0.4, -0.2) is 54.5 Å². The van der Waals surface area contributed by atoms with Crippen LogP contribution in [0.2, 0.25) is 0 Å². The first-order chi connectivity index (χ1) is 14.3. The van der Waals surface area contributed by atoms with Gasteiger partial charge in [0.25, 0.3) is 0 Å². The highest BCUT2D eigenvalue weighted by molar-refractivity contribution is 5.94. The topological polar surface area (TPSA) is 35.6 Å². The van der Waals surface area contributed by atoms with Gasteiger partial charge < -0.3 is 5.32 Å². The molecule has 0 aromatic heterocycles. The summed E-state index contributed by atoms with van der Waals surface area (Å²) in [4.78, 5) is 16.9. The number of amides is 1. The van der Waals surface area contributed by atoms with Gasteiger partial charge in [0.1, 0.15) is 0 Å². The van der Waals surface area contributed by atoms with Gasteiger partial charge in [-0.25, -0.2) is 0 Å². The van der Waals surface area contributed by atoms with Crippen LogP contribution in [0.1, 0.15) is 18.1 Å². The van der Waals surface area contributed by atoms with Gasteiger partial charge in [-0.1, -0.05) is 42.5 Å². The standard InChI is InChI=1S/C23H26F3N3O/c1-18(22(30)27-21-11-9-20(10-12-21)23(24,25)26)29-16-14-28(15-17-29)13-5-8-19-6-3-2-4-7-19/h2-12,18H,13-17H2,1H3,(H,27,30)/b8-5+/t18-/m1/s1. The van der Waals surface area contributed by atoms with Gasteiger partial charge in [0.15, 0.2) is 0 Å². The SMILES string of the molecule is C[C@H](C(=O)Nc1ccc(C(F)(F)F)cc1)N1CCN(C/C=C/c2ccccc2)CC1. The number of benzene rings is 2. The van der Waals surface area contributed by atoms with E-state index in [1.807, 2.05) is 25.1 Å². The lowest BCUT2D eigenvalue weighted by Gasteiger charge is -2.37. The molecule has 2 aromatic carbocycles. The van der Waals surface area contributed by atoms with E-state index in [9.17, 15) is 18.0 Å². The van der Waals surface area contributed by atoms with Crippen LogP contribution in [0.4, 0.5) is 18.9 Å². The lowest BCUT2D eigenvalue weighted by Crippen LogP contribution is -2.52. The molecular formula is C23H26F3N3O. The molecule has 3 rings (SSSR count). The Morgan fingerprint density at radius 2 is 1.67 bits per heavy atom. The molecule has 1 saturated heterocycles. The van der Waals surface area contributed by atoms with Crippen LogP contribution in [0, 0.1) is 0 Å². The third-order valence-corrected chi connectivity index (χ3v) is 5.29. The van der Waals surface area contributed by atoms with Gasteiger partial charge in [-0.2, -0.15) is 13.2 Å². The predicted octanol–water partition coefficient (Wildman–Crippen LogP) is 4.36. The molecule has 2 aromatic rings. The summed E-state index contributed by atoms with van der Waals surface area (Å²) in [6.45, 7) is 5.93. The normalized spacial score (nSPS) is 17.2. The van der Waals surface area contributed by atoms with Crippen molar-refractivity contribution < 1.29 is 18.0 Å². The summed E-state index contributed by atoms with van der Waals surface area (Å²) < 4.78 is 37.9. The summed E-state index contributed by atoms with van der Waals surface area (Å²) >= 11 is 0. The Labute approximate surface area is 175 Å². The van der Waals surface area contributed by atoms with Crippen molar-refractivity contribution in [3.8, 4) is 0 Å². The van der Waals surface area contributed by atoms with E-state index < -0.39 is 11.7 Å². The van der Waals surface area contributed by atoms with Gasteiger partial charge >= 0.3 is 6.18 Å². The van der Waals surface area contributed by atoms with Crippen molar-refractivity contribution in [1.29, 1.82) is 0 Å². The molecule has 0 spiro atoms. The van der Waals surface area contributed by atoms with Crippen molar-refractivity contribution in [2.24, 2.45) is 0 Å². The molecule has 4 nitrogen and oxygen atoms in total. The van der Waals surface area contributed by atoms with Crippen LogP contribution in [0.25, 0.3) is 6.08 Å². The summed E-state index contributed by atoms with van der Waals surface area (Å²) in [7, 11) is 0. The second-order valence-electron chi connectivity index (χ2n) is 7.39. The zero-order valence-corrected chi connectivity index (χ0v) is 16.9. The maximum Gasteiger partial charge on any atom is 0.416 e. The maximum atomic E-state index is 12.6. The molecule has 0 radical (unpaired) electrons. The highest BCUT2D eigenvalue weighted by Crippen LogP contribution is 2.29. The fraction of sp³-hybridized carbons (Fsp3) is 0.348. The minimum Gasteiger partial charge on any atom is -0.325 e. The van der Waals surface area contributed by atoms with Gasteiger partial charge in [-0.05, 0) is 36.8 Å². The molecule has 0 bridgehead atoms. The van der Waals surface area contributed by atoms with E-state index in [2.05, 4.69) is 39.4 Å². The number of anilines is 1. The van der Waals surface area contributed by atoms with Gasteiger partial charge in [0.2, 0.25) is 5.91 Å². The molecule has 160 valence electrons. The molecule has 0 aliphatic carbocycles. The third kappa shape index (κ3) is 6.18. The van der Waals surface area contributed by atoms with Crippen molar-refractivity contribution in [3.63, 3.8) is 0 Å². The minimum atomic E-state index is -4.38. The van der Waals surface area contributed by atoms with Crippen molar-refractivity contribution >= 4 is 17.7 Å². The van der Waals surface area contributed by atoms with Gasteiger partial charge in [-0.3, -0.25) is 14.6 Å². The predicted molar refractivity (Wildman–Crippen MR) is 113 cm³/mol. The number of hydrogen-bond donors (Lipinski definition) is 1. The minimum absolute atomic E-state index is 0.216. The quantitative estimate of drug-likeness (QED) is 0.759. The fourth-order valence-electron chi connectivity index (χ4n) is 3.39. The number of carbonyl (C=O) groups is 1. The summed E-state index contributed by atoms with van der Waals surface area (Å²) in [6.07, 6.45) is -0.135. The van der Waals surface area contributed by atoms with Crippen LogP contribution >= 0.6 is 0 Å². The summed E-state index contributed by atoms with van der Waals surface area (Å²) in [6, 6.07) is 14.3. The Morgan fingerprint density at radius 1 is 1.03 bits per heavy atom. The zero-order chi connectivity index (χ0) is 21.6. The second-order valence-corrected chi connectivity index (χ2v) is 7.39. The monoisotopic (exact) mass is 417 g/mol. The Kier molecular flexibility index (Phi) is 7.29. The third-order valence-electron chi connectivity index (χ3n) is 5.29. The van der Waals surface area contributed by atoms with Crippen molar-refractivity contribution in [2.75, 3.05) is 38.0 Å². The highest BCUT2D eigenvalue weighted by atomic mass is 19.4. The van der Waals surface area contributed by atoms with Crippen LogP contribution < -0.4 is 5.32 Å². The molecule has 1 heterocycles. The van der Waals surface area contributed by atoms with E-state index in [0.29, 0.717) is 5.69 Å². The van der Waals surface area contributed by atoms with Crippen molar-refractivity contribution in [2.45, 2.75) is 19.1 Å². The molecule has 0 saturated carbocycles. The van der Waals surface area contributed by atoms with Crippen molar-refractivity contribution in [3.05, 3.63) is 71.8 Å². The van der Waals surface area contributed by atoms with Gasteiger partial charge in [0, 0.05) is 38.4 Å². The fourth-order valence-corrected chi connectivity index (χ4v) is 3.39. The lowest BCUT2D eigenvalue weighted by atomic mass is 10.1. The molecular weight excluding hydrogens is 391 g/mol. The molecule has 0 unspecified atom stereocenters. The number of nitrogens with zero attached hydrogens (tertiary/aromatic N) is 2. The van der Waals surface area contributed by atoms with Crippen LogP contribution in [-0.2, 0) is 11.0 Å². The number of hydrogen-bond acceptors (Lipinski definition) is 3. The lowest BCUT2D eigenvalue weighted by molar-refractivity contribution is -0.137. The van der Waals surface area contributed by atoms with E-state index in [1.54, 1.807) is 0 Å². The maximum absolute atomic E-state index is 12.6. The van der Waals surface area contributed by atoms with Gasteiger partial charge in [-0.15, -0.1) is 0 Å². The summed E-state index contributed by atoms with van der Waals surface area (Å²) in [5, 5.41) is 2.71. The Hall–Kier alpha value is -2.64. The van der Waals surface area contributed by atoms with E-state index in [-0.39, 0.29) is 11.9 Å². The molecule has 30 heavy (non-hydrogen) atoms. The smallest absolute Gasteiger partial charge is 0.325 e. The summed E-state index contributed by atoms with van der Waals surface area (Å²) in [5.74, 6) is -0.216. The van der Waals surface area contributed by atoms with E-state index >= 15 is 0 Å². The van der Waals surface area contributed by atoms with E-state index in [0.717, 1.165) is 44.9 Å². The van der Waals surface area contributed by atoms with Crippen LogP contribution in [0.3, 0.4) is 0 Å². The highest BCUT2D eigenvalue weighted by Gasteiger charge is 2.30. The first-order valence-corrected chi connectivity index (χ1v) is 9.99. The number of rotatable bonds is 6. The first-order valence-electron chi connectivity index (χ1n) is 9.99. The molecule has 1 amide bonds. The average molecular weight is 417 g/mol. The van der Waals surface area contributed by atoms with Crippen LogP contribution in [0.5, 0.6) is 0 Å². The summed E-state index contributed by atoms with van der Waals surface area (Å²) in [5.41, 5.74) is 0.806. The van der Waals surface area contributed by atoms with E-state index in [4.69, 9.17) is 0 Å². The zero-order valence-electron chi connectivity index (χ0n) is 16.9. The number of alkyl halides is 3. The van der Waals surface area contributed by atoms with Gasteiger partial charge in [0.05, 0.1) is 11.6 Å². The molecule has 1 N–H and O–H groups in total. The number of halogens is 3. The molecule has 1 atom stereocenters. The first kappa shape index (κ1) is 22.1. The largest absolute Gasteiger partial charge is 0.416 e. The molecule has 7 heteroatoms. The number of piperazine rings is 1. The Morgan fingerprint density at radius 3 is 2.27 bits per heavy atom. The Balaban J connectivity index is 1.44. The second kappa shape index (κ2) is 9.91. The Bertz CT molecular complexity index is 842. The number of carbonyl (C=O) groups excluding carboxylic acids is 1. The van der Waals surface area contributed by atoms with E-state index in [1.165, 1.54) is 17.7 Å². The van der Waals surface area contributed by atoms with Crippen molar-refractivity contribution in [1.82, 2.24) is 9.80 Å². The molecule has 1 aliphatic rings. The number of nitrogens with one attached hydrogen (secondary N) is 1. The molecule has 1 fully saturated rings.